The van der Waals surface area contributed by atoms with E-state index in [1.54, 1.807) is 6.07 Å². The average Bonchev–Trinajstić information content (AvgIpc) is 2.70. The van der Waals surface area contributed by atoms with Crippen LogP contribution in [0.5, 0.6) is 0 Å². The Morgan fingerprint density at radius 1 is 0.933 bits per heavy atom. The Balaban J connectivity index is 1.77. The molecule has 0 heterocycles. The number of rotatable bonds is 7. The van der Waals surface area contributed by atoms with Crippen LogP contribution in [-0.2, 0) is 4.79 Å². The molecule has 0 saturated carbocycles. The summed E-state index contributed by atoms with van der Waals surface area (Å²) in [5.74, 6) is -0.234. The van der Waals surface area contributed by atoms with E-state index in [0.29, 0.717) is 11.4 Å². The number of hydrogen-bond donors (Lipinski definition) is 3. The molecule has 7 nitrogen and oxygen atoms in total. The van der Waals surface area contributed by atoms with Crippen LogP contribution in [0, 0.1) is 30.9 Å². The van der Waals surface area contributed by atoms with Gasteiger partial charge in [0.2, 0.25) is 5.91 Å². The molecule has 0 spiro atoms. The van der Waals surface area contributed by atoms with Crippen LogP contribution in [0.3, 0.4) is 0 Å². The summed E-state index contributed by atoms with van der Waals surface area (Å²) in [6, 6.07) is 18.0. The fraction of sp³-hybridized carbons (Fsp3) is 0.174. The molecule has 0 radical (unpaired) electrons. The molecule has 0 bridgehead atoms. The van der Waals surface area contributed by atoms with Gasteiger partial charge >= 0.3 is 0 Å². The number of non-ortho nitro benzene ring substituents is 1. The lowest BCUT2D eigenvalue weighted by molar-refractivity contribution is -0.384. The van der Waals surface area contributed by atoms with Crippen molar-refractivity contribution in [3.05, 3.63) is 87.5 Å². The van der Waals surface area contributed by atoms with Gasteiger partial charge in [-0.05, 0) is 50.1 Å². The molecular formula is C23H24N4O3. The minimum absolute atomic E-state index is 0.0304. The SMILES string of the molecule is Cc1cc(C)c(NC(=O)CNc2cc([N+](=O)[O-])ccc2Nc2ccccc2)c(C)c1. The van der Waals surface area contributed by atoms with Crippen LogP contribution in [0.4, 0.5) is 28.4 Å². The Labute approximate surface area is 175 Å². The summed E-state index contributed by atoms with van der Waals surface area (Å²) in [4.78, 5) is 23.3. The first-order valence-electron chi connectivity index (χ1n) is 9.55. The molecule has 3 N–H and O–H groups in total. The molecule has 30 heavy (non-hydrogen) atoms. The number of amides is 1. The van der Waals surface area contributed by atoms with Gasteiger partial charge in [0.05, 0.1) is 22.8 Å². The van der Waals surface area contributed by atoms with Gasteiger partial charge in [0.25, 0.3) is 5.69 Å². The molecule has 0 atom stereocenters. The van der Waals surface area contributed by atoms with Crippen molar-refractivity contribution >= 4 is 34.3 Å². The molecule has 7 heteroatoms. The number of aryl methyl sites for hydroxylation is 3. The van der Waals surface area contributed by atoms with Gasteiger partial charge in [0, 0.05) is 23.5 Å². The summed E-state index contributed by atoms with van der Waals surface area (Å²) >= 11 is 0. The van der Waals surface area contributed by atoms with Crippen LogP contribution in [0.25, 0.3) is 0 Å². The summed E-state index contributed by atoms with van der Waals surface area (Å²) in [5.41, 5.74) is 5.79. The summed E-state index contributed by atoms with van der Waals surface area (Å²) in [5, 5.41) is 20.3. The van der Waals surface area contributed by atoms with Gasteiger partial charge in [-0.1, -0.05) is 35.9 Å². The number of benzene rings is 3. The summed E-state index contributed by atoms with van der Waals surface area (Å²) < 4.78 is 0. The Hall–Kier alpha value is -3.87. The van der Waals surface area contributed by atoms with Crippen LogP contribution in [0.2, 0.25) is 0 Å². The highest BCUT2D eigenvalue weighted by atomic mass is 16.6. The first-order valence-corrected chi connectivity index (χ1v) is 9.55. The first-order chi connectivity index (χ1) is 14.3. The molecule has 0 unspecified atom stereocenters. The van der Waals surface area contributed by atoms with Gasteiger partial charge in [-0.15, -0.1) is 0 Å². The van der Waals surface area contributed by atoms with Crippen molar-refractivity contribution in [2.24, 2.45) is 0 Å². The number of para-hydroxylation sites is 1. The maximum absolute atomic E-state index is 12.5. The van der Waals surface area contributed by atoms with Gasteiger partial charge in [-0.2, -0.15) is 0 Å². The molecule has 0 fully saturated rings. The summed E-state index contributed by atoms with van der Waals surface area (Å²) in [6.07, 6.45) is 0. The number of nitrogens with zero attached hydrogens (tertiary/aromatic N) is 1. The highest BCUT2D eigenvalue weighted by molar-refractivity contribution is 5.96. The zero-order valence-corrected chi connectivity index (χ0v) is 17.2. The van der Waals surface area contributed by atoms with E-state index >= 15 is 0 Å². The predicted molar refractivity (Wildman–Crippen MR) is 121 cm³/mol. The molecule has 0 aliphatic heterocycles. The zero-order valence-electron chi connectivity index (χ0n) is 17.2. The second-order valence-electron chi connectivity index (χ2n) is 7.15. The first kappa shape index (κ1) is 20.9. The Bertz CT molecular complexity index is 1060. The van der Waals surface area contributed by atoms with Gasteiger partial charge in [0.15, 0.2) is 0 Å². The molecule has 0 aliphatic rings. The lowest BCUT2D eigenvalue weighted by Gasteiger charge is -2.16. The van der Waals surface area contributed by atoms with E-state index in [4.69, 9.17) is 0 Å². The van der Waals surface area contributed by atoms with Gasteiger partial charge in [0.1, 0.15) is 0 Å². The molecule has 154 valence electrons. The number of anilines is 4. The number of hydrogen-bond acceptors (Lipinski definition) is 5. The van der Waals surface area contributed by atoms with Crippen molar-refractivity contribution < 1.29 is 9.72 Å². The molecule has 3 aromatic carbocycles. The van der Waals surface area contributed by atoms with E-state index in [0.717, 1.165) is 28.1 Å². The molecular weight excluding hydrogens is 380 g/mol. The van der Waals surface area contributed by atoms with Crippen LogP contribution < -0.4 is 16.0 Å². The van der Waals surface area contributed by atoms with Crippen molar-refractivity contribution in [2.75, 3.05) is 22.5 Å². The Morgan fingerprint density at radius 3 is 2.23 bits per heavy atom. The standard InChI is InChI=1S/C23H24N4O3/c1-15-11-16(2)23(17(3)12-15)26-22(28)14-24-21-13-19(27(29)30)9-10-20(21)25-18-7-5-4-6-8-18/h4-13,24-25H,14H2,1-3H3,(H,26,28). The van der Waals surface area contributed by atoms with Gasteiger partial charge in [-0.25, -0.2) is 0 Å². The van der Waals surface area contributed by atoms with Crippen molar-refractivity contribution in [1.29, 1.82) is 0 Å². The zero-order chi connectivity index (χ0) is 21.7. The third-order valence-corrected chi connectivity index (χ3v) is 4.65. The van der Waals surface area contributed by atoms with E-state index in [1.165, 1.54) is 12.1 Å². The fourth-order valence-electron chi connectivity index (χ4n) is 3.31. The lowest BCUT2D eigenvalue weighted by atomic mass is 10.1. The molecule has 0 saturated heterocycles. The minimum Gasteiger partial charge on any atom is -0.374 e. The van der Waals surface area contributed by atoms with Gasteiger partial charge < -0.3 is 16.0 Å². The topological polar surface area (TPSA) is 96.3 Å². The third-order valence-electron chi connectivity index (χ3n) is 4.65. The quantitative estimate of drug-likeness (QED) is 0.366. The summed E-state index contributed by atoms with van der Waals surface area (Å²) in [6.45, 7) is 5.88. The largest absolute Gasteiger partial charge is 0.374 e. The number of carbonyl (C=O) groups excluding carboxylic acids is 1. The minimum atomic E-state index is -0.462. The van der Waals surface area contributed by atoms with Crippen molar-refractivity contribution in [1.82, 2.24) is 0 Å². The van der Waals surface area contributed by atoms with Crippen LogP contribution in [-0.4, -0.2) is 17.4 Å². The number of nitro benzene ring substituents is 1. The van der Waals surface area contributed by atoms with Gasteiger partial charge in [-0.3, -0.25) is 14.9 Å². The number of nitro groups is 1. The molecule has 1 amide bonds. The smallest absolute Gasteiger partial charge is 0.271 e. The maximum atomic E-state index is 12.5. The van der Waals surface area contributed by atoms with Crippen molar-refractivity contribution in [3.8, 4) is 0 Å². The number of nitrogens with one attached hydrogen (secondary N) is 3. The van der Waals surface area contributed by atoms with Crippen LogP contribution in [0.15, 0.2) is 60.7 Å². The molecule has 0 aromatic heterocycles. The molecule has 0 aliphatic carbocycles. The lowest BCUT2D eigenvalue weighted by Crippen LogP contribution is -2.23. The molecule has 3 aromatic rings. The van der Waals surface area contributed by atoms with E-state index in [1.807, 2.05) is 63.2 Å². The van der Waals surface area contributed by atoms with E-state index in [-0.39, 0.29) is 18.1 Å². The second kappa shape index (κ2) is 9.09. The fourth-order valence-corrected chi connectivity index (χ4v) is 3.31. The number of carbonyl (C=O) groups is 1. The Kier molecular flexibility index (Phi) is 6.32. The van der Waals surface area contributed by atoms with E-state index in [9.17, 15) is 14.9 Å². The summed E-state index contributed by atoms with van der Waals surface area (Å²) in [7, 11) is 0. The van der Waals surface area contributed by atoms with E-state index < -0.39 is 4.92 Å². The Morgan fingerprint density at radius 2 is 1.60 bits per heavy atom. The highest BCUT2D eigenvalue weighted by Crippen LogP contribution is 2.29. The predicted octanol–water partition coefficient (Wildman–Crippen LogP) is 5.31. The maximum Gasteiger partial charge on any atom is 0.271 e. The average molecular weight is 404 g/mol. The second-order valence-corrected chi connectivity index (χ2v) is 7.15. The molecule has 3 rings (SSSR count). The normalized spacial score (nSPS) is 10.4. The highest BCUT2D eigenvalue weighted by Gasteiger charge is 2.13. The van der Waals surface area contributed by atoms with Crippen LogP contribution in [0.1, 0.15) is 16.7 Å². The van der Waals surface area contributed by atoms with Crippen molar-refractivity contribution in [3.63, 3.8) is 0 Å². The third kappa shape index (κ3) is 5.14. The van der Waals surface area contributed by atoms with E-state index in [2.05, 4.69) is 16.0 Å². The van der Waals surface area contributed by atoms with Crippen LogP contribution >= 0.6 is 0 Å². The van der Waals surface area contributed by atoms with Crippen molar-refractivity contribution in [2.45, 2.75) is 20.8 Å². The monoisotopic (exact) mass is 404 g/mol.